The van der Waals surface area contributed by atoms with E-state index in [1.807, 2.05) is 0 Å². The second kappa shape index (κ2) is 16.2. The lowest BCUT2D eigenvalue weighted by atomic mass is 9.71. The predicted molar refractivity (Wildman–Crippen MR) is 168 cm³/mol. The Bertz CT molecular complexity index is 886. The molecular weight excluding hydrogens is 526 g/mol. The monoisotopic (exact) mass is 587 g/mol. The predicted octanol–water partition coefficient (Wildman–Crippen LogP) is 5.15. The van der Waals surface area contributed by atoms with Crippen LogP contribution in [0.25, 0.3) is 0 Å². The van der Waals surface area contributed by atoms with Crippen molar-refractivity contribution >= 4 is 5.91 Å². The zero-order chi connectivity index (χ0) is 30.1. The quantitative estimate of drug-likeness (QED) is 0.229. The van der Waals surface area contributed by atoms with Crippen LogP contribution in [0.3, 0.4) is 0 Å². The van der Waals surface area contributed by atoms with Crippen LogP contribution in [-0.4, -0.2) is 83.7 Å². The summed E-state index contributed by atoms with van der Waals surface area (Å²) in [5.74, 6) is 8.30. The van der Waals surface area contributed by atoms with Gasteiger partial charge in [0.2, 0.25) is 5.91 Å². The van der Waals surface area contributed by atoms with Gasteiger partial charge in [0, 0.05) is 36.4 Å². The Morgan fingerprint density at radius 3 is 2.40 bits per heavy atom. The van der Waals surface area contributed by atoms with Gasteiger partial charge in [0.05, 0.1) is 12.7 Å². The minimum Gasteiger partial charge on any atom is -0.394 e. The molecule has 3 N–H and O–H groups in total. The van der Waals surface area contributed by atoms with Gasteiger partial charge in [0.25, 0.3) is 0 Å². The van der Waals surface area contributed by atoms with Crippen LogP contribution in [0, 0.1) is 40.9 Å². The molecule has 1 heterocycles. The van der Waals surface area contributed by atoms with E-state index in [1.54, 1.807) is 12.0 Å². The van der Waals surface area contributed by atoms with E-state index in [2.05, 4.69) is 43.0 Å². The van der Waals surface area contributed by atoms with E-state index in [0.717, 1.165) is 38.6 Å². The number of hydrogen-bond donors (Lipinski definition) is 3. The van der Waals surface area contributed by atoms with Gasteiger partial charge in [0.1, 0.15) is 12.1 Å². The zero-order valence-corrected chi connectivity index (χ0v) is 27.2. The molecule has 1 amide bonds. The number of nitrogens with zero attached hydrogens (tertiary/aromatic N) is 2. The molecule has 3 aliphatic carbocycles. The number of aliphatic hydroxyl groups excluding tert-OH is 2. The Morgan fingerprint density at radius 2 is 1.74 bits per heavy atom. The van der Waals surface area contributed by atoms with Crippen molar-refractivity contribution < 1.29 is 19.8 Å². The van der Waals surface area contributed by atoms with Gasteiger partial charge < -0.3 is 20.4 Å². The number of carbonyl (C=O) groups is 1. The van der Waals surface area contributed by atoms with Crippen molar-refractivity contribution in [3.8, 4) is 11.8 Å². The summed E-state index contributed by atoms with van der Waals surface area (Å²) >= 11 is 0. The van der Waals surface area contributed by atoms with Crippen LogP contribution in [-0.2, 0) is 9.63 Å². The van der Waals surface area contributed by atoms with E-state index in [0.29, 0.717) is 36.9 Å². The van der Waals surface area contributed by atoms with Crippen LogP contribution in [0.1, 0.15) is 117 Å². The van der Waals surface area contributed by atoms with E-state index in [9.17, 15) is 15.0 Å². The van der Waals surface area contributed by atoms with Gasteiger partial charge >= 0.3 is 0 Å². The van der Waals surface area contributed by atoms with Gasteiger partial charge in [-0.2, -0.15) is 5.06 Å². The minimum atomic E-state index is -0.757. The average molecular weight is 588 g/mol. The topological polar surface area (TPSA) is 85.3 Å². The number of hydroxylamine groups is 2. The average Bonchev–Trinajstić information content (AvgIpc) is 3.38. The molecule has 6 atom stereocenters. The van der Waals surface area contributed by atoms with E-state index in [4.69, 9.17) is 4.84 Å². The highest BCUT2D eigenvalue weighted by molar-refractivity contribution is 5.82. The first-order chi connectivity index (χ1) is 20.2. The van der Waals surface area contributed by atoms with Crippen molar-refractivity contribution in [3.05, 3.63) is 0 Å². The van der Waals surface area contributed by atoms with Gasteiger partial charge in [-0.15, -0.1) is 0 Å². The standard InChI is InChI=1S/C35H61N3O4/c1-26(40)32-31(25-39)42-38(33(32)34(41)36-21-12-22-37(4)30-17-9-6-10-18-30)24-28-14-11-13-27(23-28)19-20-35(2,3)29-15-7-5-8-16-29/h26-33,39-40H,5-18,21-25H2,1-4H3,(H,36,41)/t26?,27?,28?,31-,32+,33-/m1/s1. The summed E-state index contributed by atoms with van der Waals surface area (Å²) < 4.78 is 0. The molecule has 0 radical (unpaired) electrons. The molecule has 42 heavy (non-hydrogen) atoms. The number of carbonyl (C=O) groups excluding carboxylic acids is 1. The summed E-state index contributed by atoms with van der Waals surface area (Å²) in [6.07, 6.45) is 17.2. The number of nitrogens with one attached hydrogen (secondary N) is 1. The first kappa shape index (κ1) is 33.7. The van der Waals surface area contributed by atoms with Gasteiger partial charge in [-0.1, -0.05) is 56.8 Å². The SMILES string of the molecule is CC(O)[C@H]1[C@@H](CO)ON(CC2CCCC(C#CC(C)(C)C3CCCCC3)C2)[C@H]1C(=O)NCCCN(C)C1CCCCC1. The summed E-state index contributed by atoms with van der Waals surface area (Å²) in [4.78, 5) is 22.2. The largest absolute Gasteiger partial charge is 0.394 e. The summed E-state index contributed by atoms with van der Waals surface area (Å²) in [7, 11) is 2.21. The second-order valence-electron chi connectivity index (χ2n) is 14.7. The summed E-state index contributed by atoms with van der Waals surface area (Å²) in [5, 5.41) is 25.7. The van der Waals surface area contributed by atoms with Gasteiger partial charge in [-0.25, -0.2) is 0 Å². The number of aliphatic hydroxyl groups is 2. The van der Waals surface area contributed by atoms with Gasteiger partial charge in [-0.3, -0.25) is 9.63 Å². The Hall–Kier alpha value is -1.17. The first-order valence-corrected chi connectivity index (χ1v) is 17.4. The summed E-state index contributed by atoms with van der Waals surface area (Å²) in [6.45, 7) is 8.36. The molecule has 4 fully saturated rings. The zero-order valence-electron chi connectivity index (χ0n) is 27.2. The molecule has 3 saturated carbocycles. The minimum absolute atomic E-state index is 0.0681. The molecule has 0 aromatic heterocycles. The Morgan fingerprint density at radius 1 is 1.05 bits per heavy atom. The molecule has 7 nitrogen and oxygen atoms in total. The molecule has 240 valence electrons. The summed E-state index contributed by atoms with van der Waals surface area (Å²) in [6, 6.07) is 0.0652. The highest BCUT2D eigenvalue weighted by atomic mass is 16.7. The van der Waals surface area contributed by atoms with Crippen LogP contribution >= 0.6 is 0 Å². The lowest BCUT2D eigenvalue weighted by Crippen LogP contribution is -2.50. The van der Waals surface area contributed by atoms with Crippen molar-refractivity contribution in [1.29, 1.82) is 0 Å². The molecule has 1 saturated heterocycles. The van der Waals surface area contributed by atoms with E-state index in [1.165, 1.54) is 64.2 Å². The van der Waals surface area contributed by atoms with Crippen molar-refractivity contribution in [2.24, 2.45) is 29.1 Å². The van der Waals surface area contributed by atoms with Gasteiger partial charge in [0.15, 0.2) is 0 Å². The highest BCUT2D eigenvalue weighted by Gasteiger charge is 2.49. The number of rotatable bonds is 11. The third-order valence-corrected chi connectivity index (χ3v) is 11.0. The van der Waals surface area contributed by atoms with Crippen molar-refractivity contribution in [2.75, 3.05) is 33.3 Å². The number of hydrogen-bond acceptors (Lipinski definition) is 6. The molecule has 4 rings (SSSR count). The van der Waals surface area contributed by atoms with Crippen molar-refractivity contribution in [2.45, 2.75) is 141 Å². The Kier molecular flexibility index (Phi) is 13.0. The van der Waals surface area contributed by atoms with E-state index >= 15 is 0 Å². The maximum atomic E-state index is 13.6. The maximum absolute atomic E-state index is 13.6. The Labute approximate surface area is 256 Å². The molecule has 4 aliphatic rings. The molecule has 0 aromatic rings. The van der Waals surface area contributed by atoms with Crippen LogP contribution in [0.5, 0.6) is 0 Å². The lowest BCUT2D eigenvalue weighted by molar-refractivity contribution is -0.183. The fraction of sp³-hybridized carbons (Fsp3) is 0.914. The van der Waals surface area contributed by atoms with Crippen LogP contribution in [0.15, 0.2) is 0 Å². The molecule has 0 aromatic carbocycles. The lowest BCUT2D eigenvalue weighted by Gasteiger charge is -2.34. The van der Waals surface area contributed by atoms with Gasteiger partial charge in [-0.05, 0) is 97.6 Å². The smallest absolute Gasteiger partial charge is 0.240 e. The van der Waals surface area contributed by atoms with E-state index < -0.39 is 24.2 Å². The third-order valence-electron chi connectivity index (χ3n) is 11.0. The number of amides is 1. The highest BCUT2D eigenvalue weighted by Crippen LogP contribution is 2.39. The second-order valence-corrected chi connectivity index (χ2v) is 14.7. The molecular formula is C35H61N3O4. The maximum Gasteiger partial charge on any atom is 0.240 e. The fourth-order valence-electron chi connectivity index (χ4n) is 8.30. The summed E-state index contributed by atoms with van der Waals surface area (Å²) in [5.41, 5.74) is 0.0681. The molecule has 1 aliphatic heterocycles. The normalized spacial score (nSPS) is 31.1. The molecule has 3 unspecified atom stereocenters. The molecule has 7 heteroatoms. The Balaban J connectivity index is 1.33. The van der Waals surface area contributed by atoms with Crippen LogP contribution in [0.2, 0.25) is 0 Å². The fourth-order valence-corrected chi connectivity index (χ4v) is 8.30. The molecule has 0 bridgehead atoms. The molecule has 0 spiro atoms. The first-order valence-electron chi connectivity index (χ1n) is 17.4. The van der Waals surface area contributed by atoms with Crippen LogP contribution in [0.4, 0.5) is 0 Å². The van der Waals surface area contributed by atoms with Crippen LogP contribution < -0.4 is 5.32 Å². The van der Waals surface area contributed by atoms with Crippen molar-refractivity contribution in [1.82, 2.24) is 15.3 Å². The van der Waals surface area contributed by atoms with Crippen molar-refractivity contribution in [3.63, 3.8) is 0 Å². The van der Waals surface area contributed by atoms with E-state index in [-0.39, 0.29) is 17.9 Å². The third kappa shape index (κ3) is 9.17.